The Morgan fingerprint density at radius 1 is 1.26 bits per heavy atom. The molecule has 0 unspecified atom stereocenters. The lowest BCUT2D eigenvalue weighted by Gasteiger charge is -2.10. The van der Waals surface area contributed by atoms with E-state index in [0.29, 0.717) is 34.0 Å². The molecule has 0 radical (unpaired) electrons. The summed E-state index contributed by atoms with van der Waals surface area (Å²) in [6.07, 6.45) is 1.69. The molecule has 0 aliphatic rings. The molecule has 0 fully saturated rings. The summed E-state index contributed by atoms with van der Waals surface area (Å²) in [6, 6.07) is 9.29. The number of allylic oxidation sites excluding steroid dienone is 1. The first kappa shape index (κ1) is 23.6. The van der Waals surface area contributed by atoms with Crippen LogP contribution in [0.5, 0.6) is 5.75 Å². The molecule has 0 atom stereocenters. The van der Waals surface area contributed by atoms with E-state index >= 15 is 0 Å². The van der Waals surface area contributed by atoms with Gasteiger partial charge in [-0.3, -0.25) is 9.36 Å². The molecular formula is C20H16BrCl2FN4O2S. The number of benzene rings is 2. The van der Waals surface area contributed by atoms with Gasteiger partial charge >= 0.3 is 0 Å². The van der Waals surface area contributed by atoms with E-state index in [1.165, 1.54) is 30.0 Å². The van der Waals surface area contributed by atoms with Gasteiger partial charge < -0.3 is 10.1 Å². The highest BCUT2D eigenvalue weighted by Gasteiger charge is 2.15. The molecule has 0 aliphatic heterocycles. The van der Waals surface area contributed by atoms with Crippen LogP contribution < -0.4 is 10.1 Å². The van der Waals surface area contributed by atoms with Crippen molar-refractivity contribution in [1.29, 1.82) is 0 Å². The minimum atomic E-state index is -0.523. The summed E-state index contributed by atoms with van der Waals surface area (Å²) < 4.78 is 21.5. The number of thioether (sulfide) groups is 1. The zero-order chi connectivity index (χ0) is 22.4. The Bertz CT molecular complexity index is 1110. The average Bonchev–Trinajstić information content (AvgIpc) is 3.11. The second-order valence-electron chi connectivity index (χ2n) is 6.12. The van der Waals surface area contributed by atoms with Gasteiger partial charge in [0.25, 0.3) is 0 Å². The van der Waals surface area contributed by atoms with Crippen molar-refractivity contribution < 1.29 is 13.9 Å². The second-order valence-corrected chi connectivity index (χ2v) is 8.80. The Morgan fingerprint density at radius 3 is 2.77 bits per heavy atom. The molecule has 0 aliphatic carbocycles. The number of nitrogens with zero attached hydrogens (tertiary/aromatic N) is 3. The highest BCUT2D eigenvalue weighted by molar-refractivity contribution is 9.10. The summed E-state index contributed by atoms with van der Waals surface area (Å²) in [5.74, 6) is 0.279. The molecule has 0 saturated carbocycles. The zero-order valence-electron chi connectivity index (χ0n) is 15.9. The second kappa shape index (κ2) is 11.0. The van der Waals surface area contributed by atoms with Crippen LogP contribution >= 0.6 is 50.9 Å². The summed E-state index contributed by atoms with van der Waals surface area (Å²) in [5, 5.41) is 12.0. The van der Waals surface area contributed by atoms with Gasteiger partial charge in [-0.05, 0) is 30.3 Å². The first-order chi connectivity index (χ1) is 14.9. The average molecular weight is 546 g/mol. The standard InChI is InChI=1S/C20H16BrCl2FN4O2S/c1-2-7-28-18(10-30-13-4-5-16(24)14(22)9-13)26-27-20(28)31-11-19(29)25-17-6-3-12(21)8-15(17)23/h2-6,8-9H,1,7,10-11H2,(H,25,29). The van der Waals surface area contributed by atoms with Crippen molar-refractivity contribution in [3.05, 3.63) is 75.2 Å². The third kappa shape index (κ3) is 6.46. The minimum absolute atomic E-state index is 0.0295. The third-order valence-corrected chi connectivity index (χ3v) is 5.96. The smallest absolute Gasteiger partial charge is 0.234 e. The molecule has 0 saturated heterocycles. The molecule has 3 aromatic rings. The minimum Gasteiger partial charge on any atom is -0.486 e. The Labute approximate surface area is 200 Å². The van der Waals surface area contributed by atoms with Crippen molar-refractivity contribution in [3.63, 3.8) is 0 Å². The topological polar surface area (TPSA) is 69.0 Å². The van der Waals surface area contributed by atoms with Crippen LogP contribution in [0.1, 0.15) is 5.82 Å². The maximum atomic E-state index is 13.3. The summed E-state index contributed by atoms with van der Waals surface area (Å²) in [4.78, 5) is 12.3. The molecule has 1 amide bonds. The van der Waals surface area contributed by atoms with Gasteiger partial charge in [-0.25, -0.2) is 4.39 Å². The number of carbonyl (C=O) groups is 1. The van der Waals surface area contributed by atoms with Gasteiger partial charge in [-0.15, -0.1) is 16.8 Å². The van der Waals surface area contributed by atoms with Crippen LogP contribution in [-0.2, 0) is 17.9 Å². The number of amides is 1. The number of hydrogen-bond donors (Lipinski definition) is 1. The van der Waals surface area contributed by atoms with E-state index in [9.17, 15) is 9.18 Å². The Balaban J connectivity index is 1.63. The van der Waals surface area contributed by atoms with E-state index < -0.39 is 5.82 Å². The SMILES string of the molecule is C=CCn1c(COc2ccc(F)c(Cl)c2)nnc1SCC(=O)Nc1ccc(Br)cc1Cl. The van der Waals surface area contributed by atoms with Gasteiger partial charge in [0.2, 0.25) is 5.91 Å². The highest BCUT2D eigenvalue weighted by Crippen LogP contribution is 2.26. The Morgan fingerprint density at radius 2 is 2.06 bits per heavy atom. The molecule has 2 aromatic carbocycles. The number of carbonyl (C=O) groups excluding carboxylic acids is 1. The maximum absolute atomic E-state index is 13.3. The molecular weight excluding hydrogens is 530 g/mol. The molecule has 0 bridgehead atoms. The molecule has 11 heteroatoms. The molecule has 162 valence electrons. The van der Waals surface area contributed by atoms with Crippen LogP contribution in [0.4, 0.5) is 10.1 Å². The summed E-state index contributed by atoms with van der Waals surface area (Å²) >= 11 is 16.4. The van der Waals surface area contributed by atoms with E-state index in [1.54, 1.807) is 28.8 Å². The molecule has 1 N–H and O–H groups in total. The quantitative estimate of drug-likeness (QED) is 0.264. The zero-order valence-corrected chi connectivity index (χ0v) is 19.9. The van der Waals surface area contributed by atoms with Gasteiger partial charge in [0.05, 0.1) is 21.5 Å². The number of hydrogen-bond acceptors (Lipinski definition) is 5. The van der Waals surface area contributed by atoms with E-state index in [4.69, 9.17) is 27.9 Å². The molecule has 3 rings (SSSR count). The fourth-order valence-electron chi connectivity index (χ4n) is 2.47. The van der Waals surface area contributed by atoms with Gasteiger partial charge in [0.15, 0.2) is 11.0 Å². The maximum Gasteiger partial charge on any atom is 0.234 e. The van der Waals surface area contributed by atoms with Gasteiger partial charge in [-0.1, -0.05) is 57.0 Å². The first-order valence-corrected chi connectivity index (χ1v) is 11.4. The summed E-state index contributed by atoms with van der Waals surface area (Å²) in [6.45, 7) is 4.26. The fraction of sp³-hybridized carbons (Fsp3) is 0.150. The van der Waals surface area contributed by atoms with Crippen molar-refractivity contribution in [3.8, 4) is 5.75 Å². The van der Waals surface area contributed by atoms with Crippen molar-refractivity contribution in [2.24, 2.45) is 0 Å². The van der Waals surface area contributed by atoms with Crippen LogP contribution in [0.15, 0.2) is 58.7 Å². The fourth-order valence-corrected chi connectivity index (χ4v) is 4.12. The van der Waals surface area contributed by atoms with Crippen molar-refractivity contribution in [2.75, 3.05) is 11.1 Å². The van der Waals surface area contributed by atoms with E-state index in [1.807, 2.05) is 0 Å². The number of rotatable bonds is 9. The lowest BCUT2D eigenvalue weighted by Crippen LogP contribution is -2.15. The van der Waals surface area contributed by atoms with Gasteiger partial charge in [0.1, 0.15) is 18.2 Å². The monoisotopic (exact) mass is 544 g/mol. The number of nitrogens with one attached hydrogen (secondary N) is 1. The predicted octanol–water partition coefficient (Wildman–Crippen LogP) is 5.98. The predicted molar refractivity (Wildman–Crippen MR) is 124 cm³/mol. The molecule has 6 nitrogen and oxygen atoms in total. The summed E-state index contributed by atoms with van der Waals surface area (Å²) in [7, 11) is 0. The number of aromatic nitrogens is 3. The van der Waals surface area contributed by atoms with Crippen LogP contribution in [-0.4, -0.2) is 26.4 Å². The lowest BCUT2D eigenvalue weighted by atomic mass is 10.3. The van der Waals surface area contributed by atoms with Crippen LogP contribution in [0.3, 0.4) is 0 Å². The molecule has 31 heavy (non-hydrogen) atoms. The normalized spacial score (nSPS) is 10.7. The molecule has 1 aromatic heterocycles. The van der Waals surface area contributed by atoms with Crippen LogP contribution in [0.2, 0.25) is 10.0 Å². The largest absolute Gasteiger partial charge is 0.486 e. The first-order valence-electron chi connectivity index (χ1n) is 8.86. The van der Waals surface area contributed by atoms with E-state index in [-0.39, 0.29) is 23.3 Å². The van der Waals surface area contributed by atoms with Gasteiger partial charge in [0, 0.05) is 17.1 Å². The van der Waals surface area contributed by atoms with Crippen molar-refractivity contribution in [2.45, 2.75) is 18.3 Å². The Hall–Kier alpha value is -2.07. The number of halogens is 4. The van der Waals surface area contributed by atoms with Crippen LogP contribution in [0, 0.1) is 5.82 Å². The molecule has 1 heterocycles. The van der Waals surface area contributed by atoms with Crippen LogP contribution in [0.25, 0.3) is 0 Å². The summed E-state index contributed by atoms with van der Waals surface area (Å²) in [5.41, 5.74) is 0.523. The van der Waals surface area contributed by atoms with E-state index in [0.717, 1.165) is 4.47 Å². The third-order valence-electron chi connectivity index (χ3n) is 3.90. The number of ether oxygens (including phenoxy) is 1. The van der Waals surface area contributed by atoms with Crippen molar-refractivity contribution >= 4 is 62.5 Å². The highest BCUT2D eigenvalue weighted by atomic mass is 79.9. The van der Waals surface area contributed by atoms with Gasteiger partial charge in [-0.2, -0.15) is 0 Å². The van der Waals surface area contributed by atoms with Crippen molar-refractivity contribution in [1.82, 2.24) is 14.8 Å². The molecule has 0 spiro atoms. The van der Waals surface area contributed by atoms with E-state index in [2.05, 4.69) is 38.0 Å². The number of anilines is 1. The lowest BCUT2D eigenvalue weighted by molar-refractivity contribution is -0.113. The Kier molecular flexibility index (Phi) is 8.36.